The van der Waals surface area contributed by atoms with E-state index in [1.54, 1.807) is 23.1 Å². The van der Waals surface area contributed by atoms with E-state index in [2.05, 4.69) is 27.3 Å². The third kappa shape index (κ3) is 3.59. The van der Waals surface area contributed by atoms with Crippen molar-refractivity contribution in [3.8, 4) is 5.69 Å². The first-order chi connectivity index (χ1) is 18.4. The number of carbonyl (C=O) groups excluding carboxylic acids is 2. The Kier molecular flexibility index (Phi) is 5.09. The van der Waals surface area contributed by atoms with E-state index in [0.29, 0.717) is 40.9 Å². The molecule has 1 aliphatic carbocycles. The van der Waals surface area contributed by atoms with Gasteiger partial charge in [-0.3, -0.25) is 9.59 Å². The van der Waals surface area contributed by atoms with Gasteiger partial charge in [0.15, 0.2) is 17.1 Å². The number of anilines is 2. The minimum atomic E-state index is -0.663. The molecule has 4 aromatic rings. The molecule has 0 spiro atoms. The Labute approximate surface area is 219 Å². The Balaban J connectivity index is 1.22. The van der Waals surface area contributed by atoms with Gasteiger partial charge in [0.25, 0.3) is 11.8 Å². The molecule has 10 nitrogen and oxygen atoms in total. The number of hydrogen-bond donors (Lipinski definition) is 2. The first kappa shape index (κ1) is 23.0. The molecule has 38 heavy (non-hydrogen) atoms. The van der Waals surface area contributed by atoms with Crippen molar-refractivity contribution in [2.45, 2.75) is 37.5 Å². The van der Waals surface area contributed by atoms with E-state index in [1.165, 1.54) is 49.0 Å². The molecule has 2 aromatic heterocycles. The maximum Gasteiger partial charge on any atom is 0.277 e. The van der Waals surface area contributed by atoms with Gasteiger partial charge in [-0.05, 0) is 81.1 Å². The Morgan fingerprint density at radius 3 is 2.47 bits per heavy atom. The number of nitrogen functional groups attached to an aromatic ring is 1. The Morgan fingerprint density at radius 1 is 1.03 bits per heavy atom. The molecule has 10 heteroatoms. The summed E-state index contributed by atoms with van der Waals surface area (Å²) in [5, 5.41) is 8.86. The Hall–Kier alpha value is -4.18. The van der Waals surface area contributed by atoms with E-state index < -0.39 is 5.91 Å². The number of fused-ring (bicyclic) bond motifs is 2. The van der Waals surface area contributed by atoms with E-state index >= 15 is 0 Å². The highest BCUT2D eigenvalue weighted by Crippen LogP contribution is 2.49. The normalized spacial score (nSPS) is 18.7. The molecule has 2 aliphatic heterocycles. The summed E-state index contributed by atoms with van der Waals surface area (Å²) in [5.41, 5.74) is 16.1. The Bertz CT molecular complexity index is 1580. The number of nitrogens with zero attached hydrogens (tertiary/aromatic N) is 5. The number of nitrogens with two attached hydrogens (primary N) is 2. The summed E-state index contributed by atoms with van der Waals surface area (Å²) < 4.78 is 6.70. The van der Waals surface area contributed by atoms with Crippen LogP contribution in [0.1, 0.15) is 57.8 Å². The van der Waals surface area contributed by atoms with Crippen LogP contribution in [-0.2, 0) is 11.8 Å². The number of primary amides is 1. The van der Waals surface area contributed by atoms with E-state index in [0.717, 1.165) is 12.2 Å². The molecule has 0 unspecified atom stereocenters. The molecule has 4 N–H and O–H groups in total. The van der Waals surface area contributed by atoms with E-state index in [9.17, 15) is 9.59 Å². The van der Waals surface area contributed by atoms with Crippen molar-refractivity contribution in [3.05, 3.63) is 65.0 Å². The lowest BCUT2D eigenvalue weighted by Gasteiger charge is -2.28. The lowest BCUT2D eigenvalue weighted by molar-refractivity contribution is 0.0972. The third-order valence-electron chi connectivity index (χ3n) is 8.35. The predicted molar refractivity (Wildman–Crippen MR) is 142 cm³/mol. The van der Waals surface area contributed by atoms with Gasteiger partial charge in [0, 0.05) is 29.8 Å². The number of likely N-dealkylation sites (tertiary alicyclic amines) is 1. The van der Waals surface area contributed by atoms with Gasteiger partial charge in [0.2, 0.25) is 0 Å². The average Bonchev–Trinajstić information content (AvgIpc) is 3.23. The first-order valence-electron chi connectivity index (χ1n) is 13.2. The van der Waals surface area contributed by atoms with Crippen LogP contribution in [0.25, 0.3) is 16.7 Å². The van der Waals surface area contributed by atoms with Gasteiger partial charge in [-0.15, -0.1) is 0 Å². The zero-order valence-electron chi connectivity index (χ0n) is 21.0. The molecule has 0 atom stereocenters. The molecular weight excluding hydrogens is 482 g/mol. The number of rotatable bonds is 6. The van der Waals surface area contributed by atoms with Crippen LogP contribution in [0.2, 0.25) is 0 Å². The topological polar surface area (TPSA) is 137 Å². The van der Waals surface area contributed by atoms with Crippen LogP contribution in [0.3, 0.4) is 0 Å². The summed E-state index contributed by atoms with van der Waals surface area (Å²) in [4.78, 5) is 30.5. The summed E-state index contributed by atoms with van der Waals surface area (Å²) in [7, 11) is 0. The second-order valence-corrected chi connectivity index (χ2v) is 10.7. The van der Waals surface area contributed by atoms with Crippen molar-refractivity contribution in [1.29, 1.82) is 0 Å². The van der Waals surface area contributed by atoms with E-state index in [1.807, 2.05) is 12.1 Å². The third-order valence-corrected chi connectivity index (χ3v) is 8.35. The summed E-state index contributed by atoms with van der Waals surface area (Å²) in [6.45, 7) is 3.95. The standard InChI is InChI=1S/C28H29N7O3/c29-25-21-15-19(7-8-22(21)38-32-25)35-24-20(23(31-35)26(30)36)9-14-34(27(24)37)18-5-3-17(4-6-18)28(10-11-28)16-33-12-1-2-13-33/h3-8,15H,1-2,9-14,16H2,(H2,29,32)(H2,30,36). The van der Waals surface area contributed by atoms with Crippen molar-refractivity contribution < 1.29 is 14.1 Å². The van der Waals surface area contributed by atoms with Crippen molar-refractivity contribution in [2.75, 3.05) is 36.8 Å². The summed E-state index contributed by atoms with van der Waals surface area (Å²) in [6, 6.07) is 13.7. The van der Waals surface area contributed by atoms with Crippen molar-refractivity contribution in [1.82, 2.24) is 19.8 Å². The van der Waals surface area contributed by atoms with Gasteiger partial charge >= 0.3 is 0 Å². The van der Waals surface area contributed by atoms with Gasteiger partial charge in [-0.25, -0.2) is 4.68 Å². The van der Waals surface area contributed by atoms with Crippen LogP contribution < -0.4 is 16.4 Å². The van der Waals surface area contributed by atoms with Crippen LogP contribution >= 0.6 is 0 Å². The quantitative estimate of drug-likeness (QED) is 0.406. The number of benzene rings is 2. The highest BCUT2D eigenvalue weighted by Gasteiger charge is 2.45. The number of hydrogen-bond acceptors (Lipinski definition) is 7. The van der Waals surface area contributed by atoms with Crippen LogP contribution in [-0.4, -0.2) is 57.8 Å². The van der Waals surface area contributed by atoms with Gasteiger partial charge in [-0.2, -0.15) is 5.10 Å². The molecule has 1 saturated carbocycles. The zero-order chi connectivity index (χ0) is 26.0. The molecule has 3 aliphatic rings. The smallest absolute Gasteiger partial charge is 0.277 e. The van der Waals surface area contributed by atoms with Crippen LogP contribution in [0, 0.1) is 0 Å². The van der Waals surface area contributed by atoms with Gasteiger partial charge in [0.1, 0.15) is 5.69 Å². The SMILES string of the molecule is NC(=O)c1nn(-c2ccc3onc(N)c3c2)c2c1CCN(c1ccc(C3(CN4CCCC4)CC3)cc1)C2=O. The molecule has 7 rings (SSSR count). The molecule has 2 fully saturated rings. The lowest BCUT2D eigenvalue weighted by atomic mass is 9.94. The maximum absolute atomic E-state index is 13.9. The summed E-state index contributed by atoms with van der Waals surface area (Å²) >= 11 is 0. The van der Waals surface area contributed by atoms with Crippen LogP contribution in [0.5, 0.6) is 0 Å². The largest absolute Gasteiger partial charge is 0.380 e. The summed E-state index contributed by atoms with van der Waals surface area (Å²) in [6.07, 6.45) is 5.48. The molecule has 194 valence electrons. The molecule has 1 saturated heterocycles. The second-order valence-electron chi connectivity index (χ2n) is 10.7. The highest BCUT2D eigenvalue weighted by atomic mass is 16.5. The van der Waals surface area contributed by atoms with Crippen molar-refractivity contribution in [2.24, 2.45) is 5.73 Å². The Morgan fingerprint density at radius 2 is 1.76 bits per heavy atom. The maximum atomic E-state index is 13.9. The van der Waals surface area contributed by atoms with Gasteiger partial charge in [-0.1, -0.05) is 17.3 Å². The van der Waals surface area contributed by atoms with Gasteiger partial charge in [0.05, 0.1) is 11.1 Å². The molecule has 4 heterocycles. The van der Waals surface area contributed by atoms with E-state index in [-0.39, 0.29) is 22.8 Å². The molecular formula is C28H29N7O3. The zero-order valence-corrected chi connectivity index (χ0v) is 21.0. The monoisotopic (exact) mass is 511 g/mol. The van der Waals surface area contributed by atoms with Gasteiger partial charge < -0.3 is 25.8 Å². The number of carbonyl (C=O) groups is 2. The minimum Gasteiger partial charge on any atom is -0.380 e. The lowest BCUT2D eigenvalue weighted by Crippen LogP contribution is -2.39. The van der Waals surface area contributed by atoms with Crippen LogP contribution in [0.15, 0.2) is 47.0 Å². The van der Waals surface area contributed by atoms with Crippen LogP contribution in [0.4, 0.5) is 11.5 Å². The minimum absolute atomic E-state index is 0.110. The molecule has 0 radical (unpaired) electrons. The fourth-order valence-electron chi connectivity index (χ4n) is 6.12. The predicted octanol–water partition coefficient (Wildman–Crippen LogP) is 3.02. The van der Waals surface area contributed by atoms with E-state index in [4.69, 9.17) is 16.0 Å². The molecule has 2 aromatic carbocycles. The second kappa shape index (κ2) is 8.42. The fraction of sp³-hybridized carbons (Fsp3) is 0.357. The average molecular weight is 512 g/mol. The first-order valence-corrected chi connectivity index (χ1v) is 13.2. The number of aromatic nitrogens is 3. The van der Waals surface area contributed by atoms with Crippen molar-refractivity contribution in [3.63, 3.8) is 0 Å². The fourth-order valence-corrected chi connectivity index (χ4v) is 6.12. The summed E-state index contributed by atoms with van der Waals surface area (Å²) in [5.74, 6) is -0.649. The van der Waals surface area contributed by atoms with Crippen molar-refractivity contribution >= 4 is 34.3 Å². The highest BCUT2D eigenvalue weighted by molar-refractivity contribution is 6.09. The molecule has 2 amide bonds. The number of amides is 2. The molecule has 0 bridgehead atoms.